The summed E-state index contributed by atoms with van der Waals surface area (Å²) in [5, 5.41) is 10.7. The molecule has 6 atom stereocenters. The lowest BCUT2D eigenvalue weighted by Crippen LogP contribution is -2.30. The maximum Gasteiger partial charge on any atom is 0.472 e. The molecule has 19 heteroatoms. The Morgan fingerprint density at radius 1 is 0.266 bits per heavy atom. The standard InChI is InChI=1S/C90H176O17P2/c1-8-10-11-12-13-14-15-16-17-22-30-35-40-45-50-59-67-74-90(95)107-86(78-101-88(93)72-65-58-53-52-55-62-69-82(5)6)80-105-109(98,99)103-76-84(91)75-102-108(96,97)104-79-85(77-100-87(92)71-64-57-49-44-39-34-29-25-20-18-23-27-32-37-42-47-54-61-68-81(3)4)106-89(94)73-66-60-51-46-41-36-31-26-21-19-24-28-33-38-43-48-56-63-70-83(7)9-2/h81-86,91H,8-80H2,1-7H3,(H,96,97)(H,98,99)/t83?,84-,85-,86-/m1/s1. The lowest BCUT2D eigenvalue weighted by molar-refractivity contribution is -0.161. The third-order valence-electron chi connectivity index (χ3n) is 21.5. The molecule has 0 saturated heterocycles. The van der Waals surface area contributed by atoms with Crippen molar-refractivity contribution in [2.45, 2.75) is 497 Å². The Hall–Kier alpha value is -1.94. The number of esters is 4. The SMILES string of the molecule is CCCCCCCCCCCCCCCCCCCC(=O)O[C@H](COC(=O)CCCCCCCCC(C)C)COP(=O)(O)OC[C@H](O)COP(=O)(O)OC[C@@H](COC(=O)CCCCCCCCCCCCCCCCCCCCC(C)C)OC(=O)CCCCCCCCCCCCCCCCCCCCC(C)CC. The van der Waals surface area contributed by atoms with E-state index >= 15 is 0 Å². The predicted octanol–water partition coefficient (Wildman–Crippen LogP) is 27.6. The van der Waals surface area contributed by atoms with Gasteiger partial charge in [0.15, 0.2) is 12.2 Å². The molecule has 0 aliphatic heterocycles. The van der Waals surface area contributed by atoms with Gasteiger partial charge in [-0.2, -0.15) is 0 Å². The number of unbranched alkanes of at least 4 members (excludes halogenated alkanes) is 55. The third kappa shape index (κ3) is 82.4. The van der Waals surface area contributed by atoms with Crippen LogP contribution < -0.4 is 0 Å². The Labute approximate surface area is 670 Å². The molecule has 0 bridgehead atoms. The first-order valence-electron chi connectivity index (χ1n) is 46.4. The summed E-state index contributed by atoms with van der Waals surface area (Å²) < 4.78 is 69.0. The molecule has 0 amide bonds. The van der Waals surface area contributed by atoms with Gasteiger partial charge in [-0.25, -0.2) is 9.13 Å². The molecule has 0 aromatic rings. The topological polar surface area (TPSA) is 237 Å². The Morgan fingerprint density at radius 3 is 0.697 bits per heavy atom. The monoisotopic (exact) mass is 1590 g/mol. The molecule has 0 aromatic heterocycles. The highest BCUT2D eigenvalue weighted by molar-refractivity contribution is 7.47. The van der Waals surface area contributed by atoms with E-state index in [4.69, 9.17) is 37.0 Å². The summed E-state index contributed by atoms with van der Waals surface area (Å²) in [6, 6.07) is 0. The number of aliphatic hydroxyl groups is 1. The first-order chi connectivity index (χ1) is 52.8. The fourth-order valence-corrected chi connectivity index (χ4v) is 15.6. The Morgan fingerprint density at radius 2 is 0.468 bits per heavy atom. The molecule has 3 N–H and O–H groups in total. The number of ether oxygens (including phenoxy) is 4. The average Bonchev–Trinajstić information content (AvgIpc) is 0.900. The van der Waals surface area contributed by atoms with Crippen LogP contribution in [0.15, 0.2) is 0 Å². The van der Waals surface area contributed by atoms with Crippen LogP contribution >= 0.6 is 15.6 Å². The average molecular weight is 1590 g/mol. The molecule has 0 aliphatic carbocycles. The van der Waals surface area contributed by atoms with E-state index in [1.807, 2.05) is 0 Å². The number of carbonyl (C=O) groups excluding carboxylic acids is 4. The van der Waals surface area contributed by atoms with E-state index in [1.54, 1.807) is 0 Å². The second-order valence-corrected chi connectivity index (χ2v) is 36.4. The number of phosphoric ester groups is 2. The molecule has 0 aliphatic rings. The molecule has 0 rings (SSSR count). The largest absolute Gasteiger partial charge is 0.472 e. The molecule has 17 nitrogen and oxygen atoms in total. The Balaban J connectivity index is 5.20. The highest BCUT2D eigenvalue weighted by Crippen LogP contribution is 2.45. The first-order valence-corrected chi connectivity index (χ1v) is 49.4. The Bertz CT molecular complexity index is 2100. The lowest BCUT2D eigenvalue weighted by atomic mass is 9.99. The Kier molecular flexibility index (Phi) is 78.5. The van der Waals surface area contributed by atoms with Crippen molar-refractivity contribution in [3.63, 3.8) is 0 Å². The van der Waals surface area contributed by atoms with E-state index in [0.29, 0.717) is 31.6 Å². The summed E-state index contributed by atoms with van der Waals surface area (Å²) in [6.07, 6.45) is 72.5. The van der Waals surface area contributed by atoms with E-state index in [-0.39, 0.29) is 25.7 Å². The molecular formula is C90H176O17P2. The van der Waals surface area contributed by atoms with Crippen LogP contribution in [0.5, 0.6) is 0 Å². The van der Waals surface area contributed by atoms with Gasteiger partial charge in [0.25, 0.3) is 0 Å². The minimum Gasteiger partial charge on any atom is -0.462 e. The number of hydrogen-bond donors (Lipinski definition) is 3. The van der Waals surface area contributed by atoms with Crippen LogP contribution in [0.25, 0.3) is 0 Å². The molecule has 0 aromatic carbocycles. The molecule has 0 saturated carbocycles. The summed E-state index contributed by atoms with van der Waals surface area (Å²) in [4.78, 5) is 73.3. The van der Waals surface area contributed by atoms with Crippen LogP contribution in [0, 0.1) is 17.8 Å². The van der Waals surface area contributed by atoms with E-state index in [0.717, 1.165) is 108 Å². The minimum atomic E-state index is -4.97. The van der Waals surface area contributed by atoms with E-state index in [1.165, 1.54) is 283 Å². The van der Waals surface area contributed by atoms with Crippen molar-refractivity contribution in [1.82, 2.24) is 0 Å². The van der Waals surface area contributed by atoms with E-state index < -0.39 is 97.5 Å². The summed E-state index contributed by atoms with van der Waals surface area (Å²) in [6.45, 7) is 12.0. The van der Waals surface area contributed by atoms with Crippen molar-refractivity contribution in [3.8, 4) is 0 Å². The zero-order valence-corrected chi connectivity index (χ0v) is 73.8. The quantitative estimate of drug-likeness (QED) is 0.0222. The second kappa shape index (κ2) is 79.9. The summed E-state index contributed by atoms with van der Waals surface area (Å²) in [7, 11) is -9.93. The van der Waals surface area contributed by atoms with E-state index in [2.05, 4.69) is 48.5 Å². The molecular weight excluding hydrogens is 1410 g/mol. The van der Waals surface area contributed by atoms with Crippen molar-refractivity contribution in [2.75, 3.05) is 39.6 Å². The summed E-state index contributed by atoms with van der Waals surface area (Å²) in [5.41, 5.74) is 0. The molecule has 0 fully saturated rings. The second-order valence-electron chi connectivity index (χ2n) is 33.5. The number of carbonyl (C=O) groups is 4. The minimum absolute atomic E-state index is 0.108. The number of hydrogen-bond acceptors (Lipinski definition) is 15. The van der Waals surface area contributed by atoms with E-state index in [9.17, 15) is 43.2 Å². The van der Waals surface area contributed by atoms with Gasteiger partial charge in [-0.05, 0) is 43.4 Å². The van der Waals surface area contributed by atoms with Gasteiger partial charge in [-0.3, -0.25) is 37.3 Å². The fraction of sp³-hybridized carbons (Fsp3) is 0.956. The van der Waals surface area contributed by atoms with Crippen LogP contribution in [-0.2, 0) is 65.4 Å². The van der Waals surface area contributed by atoms with Gasteiger partial charge in [-0.15, -0.1) is 0 Å². The summed E-state index contributed by atoms with van der Waals surface area (Å²) >= 11 is 0. The van der Waals surface area contributed by atoms with Crippen molar-refractivity contribution in [3.05, 3.63) is 0 Å². The zero-order chi connectivity index (χ0) is 80.0. The van der Waals surface area contributed by atoms with Gasteiger partial charge in [0.05, 0.1) is 26.4 Å². The van der Waals surface area contributed by atoms with Crippen molar-refractivity contribution in [2.24, 2.45) is 17.8 Å². The molecule has 3 unspecified atom stereocenters. The van der Waals surface area contributed by atoms with Gasteiger partial charge in [0, 0.05) is 25.7 Å². The number of phosphoric acid groups is 2. The van der Waals surface area contributed by atoms with Gasteiger partial charge >= 0.3 is 39.5 Å². The van der Waals surface area contributed by atoms with Gasteiger partial charge in [0.2, 0.25) is 0 Å². The van der Waals surface area contributed by atoms with Crippen molar-refractivity contribution in [1.29, 1.82) is 0 Å². The maximum atomic E-state index is 13.2. The highest BCUT2D eigenvalue weighted by atomic mass is 31.2. The number of aliphatic hydroxyl groups excluding tert-OH is 1. The van der Waals surface area contributed by atoms with Crippen molar-refractivity contribution < 1.29 is 80.2 Å². The van der Waals surface area contributed by atoms with Crippen molar-refractivity contribution >= 4 is 39.5 Å². The van der Waals surface area contributed by atoms with Gasteiger partial charge in [0.1, 0.15) is 19.3 Å². The smallest absolute Gasteiger partial charge is 0.462 e. The fourth-order valence-electron chi connectivity index (χ4n) is 14.0. The molecule has 0 spiro atoms. The molecule has 109 heavy (non-hydrogen) atoms. The molecule has 0 heterocycles. The summed E-state index contributed by atoms with van der Waals surface area (Å²) in [5.74, 6) is 0.271. The lowest BCUT2D eigenvalue weighted by Gasteiger charge is -2.21. The third-order valence-corrected chi connectivity index (χ3v) is 23.4. The maximum absolute atomic E-state index is 13.2. The number of rotatable bonds is 88. The van der Waals surface area contributed by atoms with Crippen LogP contribution in [0.2, 0.25) is 0 Å². The zero-order valence-electron chi connectivity index (χ0n) is 72.0. The van der Waals surface area contributed by atoms with Crippen LogP contribution in [0.3, 0.4) is 0 Å². The first kappa shape index (κ1) is 107. The normalized spacial score (nSPS) is 14.1. The van der Waals surface area contributed by atoms with Gasteiger partial charge in [-0.1, -0.05) is 427 Å². The van der Waals surface area contributed by atoms with Crippen LogP contribution in [-0.4, -0.2) is 96.7 Å². The predicted molar refractivity (Wildman–Crippen MR) is 451 cm³/mol. The van der Waals surface area contributed by atoms with Gasteiger partial charge < -0.3 is 33.8 Å². The molecule has 648 valence electrons. The highest BCUT2D eigenvalue weighted by Gasteiger charge is 2.31. The van der Waals surface area contributed by atoms with Crippen LogP contribution in [0.4, 0.5) is 0 Å². The van der Waals surface area contributed by atoms with Crippen LogP contribution in [0.1, 0.15) is 479 Å². The molecule has 0 radical (unpaired) electrons.